The Morgan fingerprint density at radius 2 is 1.95 bits per heavy atom. The van der Waals surface area contributed by atoms with Gasteiger partial charge in [-0.15, -0.1) is 0 Å². The zero-order chi connectivity index (χ0) is 14.5. The number of rotatable bonds is 11. The highest BCUT2D eigenvalue weighted by molar-refractivity contribution is 5.82. The van der Waals surface area contributed by atoms with Crippen LogP contribution >= 0.6 is 0 Å². The first-order valence-electron chi connectivity index (χ1n) is 6.57. The fraction of sp³-hybridized carbons (Fsp3) is 0.833. The fourth-order valence-electron chi connectivity index (χ4n) is 1.32. The molecule has 2 amide bonds. The SMILES string of the molecule is CCCCOCCCNC(=O)N[C@H](CCO)C(=O)O. The van der Waals surface area contributed by atoms with E-state index in [1.165, 1.54) is 0 Å². The molecule has 0 aromatic rings. The van der Waals surface area contributed by atoms with E-state index in [0.29, 0.717) is 19.6 Å². The summed E-state index contributed by atoms with van der Waals surface area (Å²) in [4.78, 5) is 22.1. The highest BCUT2D eigenvalue weighted by Crippen LogP contribution is 1.92. The number of unbranched alkanes of at least 4 members (excludes halogenated alkanes) is 1. The van der Waals surface area contributed by atoms with Crippen LogP contribution in [0.5, 0.6) is 0 Å². The zero-order valence-electron chi connectivity index (χ0n) is 11.4. The Morgan fingerprint density at radius 1 is 1.26 bits per heavy atom. The third-order valence-electron chi connectivity index (χ3n) is 2.41. The van der Waals surface area contributed by atoms with Gasteiger partial charge in [-0.25, -0.2) is 9.59 Å². The standard InChI is InChI=1S/C12H24N2O5/c1-2-3-8-19-9-4-6-13-12(18)14-10(5-7-15)11(16)17/h10,15H,2-9H2,1H3,(H,16,17)(H2,13,14,18)/t10-/m1/s1. The van der Waals surface area contributed by atoms with Gasteiger partial charge in [0.2, 0.25) is 0 Å². The predicted molar refractivity (Wildman–Crippen MR) is 70.0 cm³/mol. The number of hydrogen-bond acceptors (Lipinski definition) is 4. The summed E-state index contributed by atoms with van der Waals surface area (Å²) in [6.45, 7) is 3.51. The second-order valence-corrected chi connectivity index (χ2v) is 4.12. The quantitative estimate of drug-likeness (QED) is 0.407. The van der Waals surface area contributed by atoms with E-state index in [1.807, 2.05) is 0 Å². The number of carboxylic acids is 1. The molecular formula is C12H24N2O5. The summed E-state index contributed by atoms with van der Waals surface area (Å²) in [6.07, 6.45) is 2.77. The molecule has 0 bridgehead atoms. The molecular weight excluding hydrogens is 252 g/mol. The maximum absolute atomic E-state index is 11.4. The van der Waals surface area contributed by atoms with Crippen molar-refractivity contribution in [3.05, 3.63) is 0 Å². The molecule has 19 heavy (non-hydrogen) atoms. The molecule has 0 heterocycles. The smallest absolute Gasteiger partial charge is 0.326 e. The van der Waals surface area contributed by atoms with Crippen molar-refractivity contribution in [2.45, 2.75) is 38.6 Å². The first-order valence-corrected chi connectivity index (χ1v) is 6.57. The van der Waals surface area contributed by atoms with Crippen molar-refractivity contribution in [2.75, 3.05) is 26.4 Å². The second kappa shape index (κ2) is 11.7. The third kappa shape index (κ3) is 10.3. The van der Waals surface area contributed by atoms with Crippen LogP contribution in [0.15, 0.2) is 0 Å². The molecule has 0 unspecified atom stereocenters. The van der Waals surface area contributed by atoms with Crippen molar-refractivity contribution < 1.29 is 24.5 Å². The van der Waals surface area contributed by atoms with E-state index in [1.54, 1.807) is 0 Å². The number of aliphatic hydroxyl groups is 1. The molecule has 0 aromatic heterocycles. The molecule has 0 spiro atoms. The van der Waals surface area contributed by atoms with Crippen molar-refractivity contribution in [1.29, 1.82) is 0 Å². The van der Waals surface area contributed by atoms with E-state index < -0.39 is 18.0 Å². The van der Waals surface area contributed by atoms with Crippen LogP contribution in [0.25, 0.3) is 0 Å². The lowest BCUT2D eigenvalue weighted by Gasteiger charge is -2.13. The molecule has 4 N–H and O–H groups in total. The van der Waals surface area contributed by atoms with Crippen LogP contribution in [-0.2, 0) is 9.53 Å². The molecule has 0 aliphatic carbocycles. The highest BCUT2D eigenvalue weighted by Gasteiger charge is 2.18. The number of aliphatic hydroxyl groups excluding tert-OH is 1. The maximum Gasteiger partial charge on any atom is 0.326 e. The number of urea groups is 1. The number of amides is 2. The van der Waals surface area contributed by atoms with Gasteiger partial charge in [0.1, 0.15) is 6.04 Å². The van der Waals surface area contributed by atoms with Gasteiger partial charge in [0.05, 0.1) is 0 Å². The average molecular weight is 276 g/mol. The summed E-state index contributed by atoms with van der Waals surface area (Å²) in [5.74, 6) is -1.16. The molecule has 0 aliphatic heterocycles. The Morgan fingerprint density at radius 3 is 2.53 bits per heavy atom. The van der Waals surface area contributed by atoms with Gasteiger partial charge in [0, 0.05) is 32.8 Å². The molecule has 0 saturated heterocycles. The predicted octanol–water partition coefficient (Wildman–Crippen LogP) is 0.328. The van der Waals surface area contributed by atoms with E-state index in [0.717, 1.165) is 19.4 Å². The van der Waals surface area contributed by atoms with Crippen molar-refractivity contribution >= 4 is 12.0 Å². The topological polar surface area (TPSA) is 108 Å². The molecule has 0 rings (SSSR count). The van der Waals surface area contributed by atoms with Crippen LogP contribution in [0.1, 0.15) is 32.6 Å². The third-order valence-corrected chi connectivity index (χ3v) is 2.41. The summed E-state index contributed by atoms with van der Waals surface area (Å²) in [6, 6.07) is -1.61. The minimum absolute atomic E-state index is 0.0110. The second-order valence-electron chi connectivity index (χ2n) is 4.12. The minimum Gasteiger partial charge on any atom is -0.480 e. The van der Waals surface area contributed by atoms with E-state index in [-0.39, 0.29) is 13.0 Å². The Balaban J connectivity index is 3.60. The fourth-order valence-corrected chi connectivity index (χ4v) is 1.32. The van der Waals surface area contributed by atoms with Crippen LogP contribution in [0.3, 0.4) is 0 Å². The molecule has 1 atom stereocenters. The van der Waals surface area contributed by atoms with Crippen molar-refractivity contribution in [3.63, 3.8) is 0 Å². The Kier molecular flexibility index (Phi) is 10.9. The zero-order valence-corrected chi connectivity index (χ0v) is 11.4. The van der Waals surface area contributed by atoms with Gasteiger partial charge in [-0.3, -0.25) is 0 Å². The van der Waals surface area contributed by atoms with Crippen LogP contribution in [0.2, 0.25) is 0 Å². The van der Waals surface area contributed by atoms with E-state index in [9.17, 15) is 9.59 Å². The van der Waals surface area contributed by atoms with E-state index in [2.05, 4.69) is 17.6 Å². The average Bonchev–Trinajstić information content (AvgIpc) is 2.37. The lowest BCUT2D eigenvalue weighted by atomic mass is 10.2. The van der Waals surface area contributed by atoms with Crippen LogP contribution in [0.4, 0.5) is 4.79 Å². The van der Waals surface area contributed by atoms with Crippen molar-refractivity contribution in [2.24, 2.45) is 0 Å². The van der Waals surface area contributed by atoms with Crippen LogP contribution < -0.4 is 10.6 Å². The largest absolute Gasteiger partial charge is 0.480 e. The molecule has 112 valence electrons. The molecule has 0 radical (unpaired) electrons. The minimum atomic E-state index is -1.16. The van der Waals surface area contributed by atoms with E-state index in [4.69, 9.17) is 14.9 Å². The number of carbonyl (C=O) groups is 2. The first-order chi connectivity index (χ1) is 9.11. The van der Waals surface area contributed by atoms with Gasteiger partial charge >= 0.3 is 12.0 Å². The summed E-state index contributed by atoms with van der Waals surface area (Å²) in [5.41, 5.74) is 0. The number of ether oxygens (including phenoxy) is 1. The number of carbonyl (C=O) groups excluding carboxylic acids is 1. The lowest BCUT2D eigenvalue weighted by molar-refractivity contribution is -0.139. The number of nitrogens with one attached hydrogen (secondary N) is 2. The molecule has 0 aliphatic rings. The highest BCUT2D eigenvalue weighted by atomic mass is 16.5. The number of hydrogen-bond donors (Lipinski definition) is 4. The van der Waals surface area contributed by atoms with Crippen molar-refractivity contribution in [1.82, 2.24) is 10.6 Å². The van der Waals surface area contributed by atoms with Gasteiger partial charge in [0.25, 0.3) is 0 Å². The number of carboxylic acid groups (broad SMARTS) is 1. The lowest BCUT2D eigenvalue weighted by Crippen LogP contribution is -2.46. The van der Waals surface area contributed by atoms with Gasteiger partial charge in [-0.1, -0.05) is 13.3 Å². The van der Waals surface area contributed by atoms with Gasteiger partial charge in [0.15, 0.2) is 0 Å². The summed E-state index contributed by atoms with van der Waals surface area (Å²) >= 11 is 0. The molecule has 0 saturated carbocycles. The molecule has 0 fully saturated rings. The summed E-state index contributed by atoms with van der Waals surface area (Å²) in [7, 11) is 0. The number of aliphatic carboxylic acids is 1. The Bertz CT molecular complexity index is 261. The van der Waals surface area contributed by atoms with Crippen LogP contribution in [-0.4, -0.2) is 54.6 Å². The Labute approximate surface area is 113 Å². The Hall–Kier alpha value is -1.34. The summed E-state index contributed by atoms with van der Waals surface area (Å²) < 4.78 is 5.31. The van der Waals surface area contributed by atoms with Gasteiger partial charge < -0.3 is 25.6 Å². The monoisotopic (exact) mass is 276 g/mol. The maximum atomic E-state index is 11.4. The van der Waals surface area contributed by atoms with Crippen molar-refractivity contribution in [3.8, 4) is 0 Å². The summed E-state index contributed by atoms with van der Waals surface area (Å²) in [5, 5.41) is 22.3. The molecule has 7 heteroatoms. The van der Waals surface area contributed by atoms with Gasteiger partial charge in [-0.2, -0.15) is 0 Å². The van der Waals surface area contributed by atoms with E-state index >= 15 is 0 Å². The first kappa shape index (κ1) is 17.7. The van der Waals surface area contributed by atoms with Gasteiger partial charge in [-0.05, 0) is 12.8 Å². The molecule has 7 nitrogen and oxygen atoms in total. The molecule has 0 aromatic carbocycles. The van der Waals surface area contributed by atoms with Crippen LogP contribution in [0, 0.1) is 0 Å². The normalized spacial score (nSPS) is 11.9.